The second kappa shape index (κ2) is 4.63. The smallest absolute Gasteiger partial charge is 0.0604 e. The molecule has 0 aromatic carbocycles. The molecule has 2 saturated carbocycles. The van der Waals surface area contributed by atoms with Gasteiger partial charge in [-0.3, -0.25) is 0 Å². The van der Waals surface area contributed by atoms with Gasteiger partial charge in [0.25, 0.3) is 0 Å². The van der Waals surface area contributed by atoms with E-state index in [1.807, 2.05) is 0 Å². The zero-order valence-corrected chi connectivity index (χ0v) is 9.46. The van der Waals surface area contributed by atoms with Gasteiger partial charge in [0.05, 0.1) is 6.10 Å². The minimum atomic E-state index is 0.550. The van der Waals surface area contributed by atoms with E-state index >= 15 is 0 Å². The summed E-state index contributed by atoms with van der Waals surface area (Å²) in [6, 6.07) is 1.54. The van der Waals surface area contributed by atoms with Crippen molar-refractivity contribution in [2.24, 2.45) is 5.92 Å². The second-order valence-corrected chi connectivity index (χ2v) is 4.93. The monoisotopic (exact) mass is 197 g/mol. The Balaban J connectivity index is 1.63. The van der Waals surface area contributed by atoms with Crippen LogP contribution < -0.4 is 5.32 Å². The lowest BCUT2D eigenvalue weighted by molar-refractivity contribution is -0.0132. The van der Waals surface area contributed by atoms with E-state index < -0.39 is 0 Å². The molecule has 2 rings (SSSR count). The Kier molecular flexibility index (Phi) is 3.45. The van der Waals surface area contributed by atoms with Gasteiger partial charge in [-0.05, 0) is 38.5 Å². The van der Waals surface area contributed by atoms with Crippen LogP contribution in [-0.4, -0.2) is 24.8 Å². The quantitative estimate of drug-likeness (QED) is 0.747. The van der Waals surface area contributed by atoms with Gasteiger partial charge in [-0.25, -0.2) is 0 Å². The molecular formula is C12H23NO. The molecule has 2 aliphatic rings. The molecule has 1 N–H and O–H groups in total. The fourth-order valence-electron chi connectivity index (χ4n) is 2.77. The summed E-state index contributed by atoms with van der Waals surface area (Å²) in [5.74, 6) is 0.890. The summed E-state index contributed by atoms with van der Waals surface area (Å²) in [6.07, 6.45) is 7.24. The van der Waals surface area contributed by atoms with Gasteiger partial charge >= 0.3 is 0 Å². The highest BCUT2D eigenvalue weighted by molar-refractivity contribution is 4.91. The van der Waals surface area contributed by atoms with Gasteiger partial charge in [0.2, 0.25) is 0 Å². The molecule has 2 unspecified atom stereocenters. The lowest BCUT2D eigenvalue weighted by Crippen LogP contribution is -2.50. The zero-order chi connectivity index (χ0) is 9.97. The van der Waals surface area contributed by atoms with Gasteiger partial charge < -0.3 is 10.1 Å². The molecule has 0 saturated heterocycles. The van der Waals surface area contributed by atoms with Crippen molar-refractivity contribution in [3.63, 3.8) is 0 Å². The van der Waals surface area contributed by atoms with Crippen molar-refractivity contribution >= 4 is 0 Å². The Hall–Kier alpha value is -0.0800. The molecule has 2 fully saturated rings. The Labute approximate surface area is 87.4 Å². The van der Waals surface area contributed by atoms with Crippen molar-refractivity contribution in [3.8, 4) is 0 Å². The molecule has 0 heterocycles. The molecule has 0 bridgehead atoms. The van der Waals surface area contributed by atoms with Crippen LogP contribution in [0.1, 0.15) is 46.0 Å². The SMILES string of the molecule is CCOC1CC(NC2CCCC2C)C1. The van der Waals surface area contributed by atoms with Crippen LogP contribution in [0.15, 0.2) is 0 Å². The third-order valence-electron chi connectivity index (χ3n) is 3.81. The van der Waals surface area contributed by atoms with Crippen molar-refractivity contribution in [2.45, 2.75) is 64.1 Å². The Morgan fingerprint density at radius 2 is 2.07 bits per heavy atom. The van der Waals surface area contributed by atoms with Crippen LogP contribution in [0.4, 0.5) is 0 Å². The molecule has 2 atom stereocenters. The number of hydrogen-bond donors (Lipinski definition) is 1. The maximum absolute atomic E-state index is 5.56. The first-order chi connectivity index (χ1) is 6.79. The summed E-state index contributed by atoms with van der Waals surface area (Å²) >= 11 is 0. The van der Waals surface area contributed by atoms with Gasteiger partial charge in [-0.1, -0.05) is 13.3 Å². The first kappa shape index (κ1) is 10.4. The highest BCUT2D eigenvalue weighted by Crippen LogP contribution is 2.29. The van der Waals surface area contributed by atoms with Crippen molar-refractivity contribution < 1.29 is 4.74 Å². The summed E-state index contributed by atoms with van der Waals surface area (Å²) in [6.45, 7) is 5.33. The maximum Gasteiger partial charge on any atom is 0.0604 e. The number of rotatable bonds is 4. The maximum atomic E-state index is 5.56. The molecule has 0 radical (unpaired) electrons. The average Bonchev–Trinajstić information content (AvgIpc) is 2.48. The average molecular weight is 197 g/mol. The van der Waals surface area contributed by atoms with Crippen LogP contribution in [0.25, 0.3) is 0 Å². The van der Waals surface area contributed by atoms with E-state index in [1.165, 1.54) is 32.1 Å². The molecule has 0 amide bonds. The van der Waals surface area contributed by atoms with Crippen LogP contribution in [0.3, 0.4) is 0 Å². The minimum absolute atomic E-state index is 0.550. The molecule has 2 aliphatic carbocycles. The molecular weight excluding hydrogens is 174 g/mol. The lowest BCUT2D eigenvalue weighted by Gasteiger charge is -2.38. The van der Waals surface area contributed by atoms with E-state index in [4.69, 9.17) is 4.74 Å². The van der Waals surface area contributed by atoms with Crippen molar-refractivity contribution in [3.05, 3.63) is 0 Å². The van der Waals surface area contributed by atoms with Crippen LogP contribution in [0, 0.1) is 5.92 Å². The molecule has 14 heavy (non-hydrogen) atoms. The summed E-state index contributed by atoms with van der Waals surface area (Å²) in [5.41, 5.74) is 0. The predicted molar refractivity (Wildman–Crippen MR) is 58.4 cm³/mol. The summed E-state index contributed by atoms with van der Waals surface area (Å²) in [5, 5.41) is 3.77. The Morgan fingerprint density at radius 1 is 1.29 bits per heavy atom. The highest BCUT2D eigenvalue weighted by atomic mass is 16.5. The molecule has 0 aromatic heterocycles. The highest BCUT2D eigenvalue weighted by Gasteiger charge is 2.33. The third kappa shape index (κ3) is 2.29. The molecule has 2 heteroatoms. The fourth-order valence-corrected chi connectivity index (χ4v) is 2.77. The molecule has 0 spiro atoms. The van der Waals surface area contributed by atoms with E-state index in [-0.39, 0.29) is 0 Å². The van der Waals surface area contributed by atoms with E-state index in [9.17, 15) is 0 Å². The number of nitrogens with one attached hydrogen (secondary N) is 1. The summed E-state index contributed by atoms with van der Waals surface area (Å²) in [7, 11) is 0. The van der Waals surface area contributed by atoms with Crippen LogP contribution in [0.5, 0.6) is 0 Å². The van der Waals surface area contributed by atoms with Crippen LogP contribution >= 0.6 is 0 Å². The first-order valence-electron chi connectivity index (χ1n) is 6.17. The van der Waals surface area contributed by atoms with Crippen molar-refractivity contribution in [1.29, 1.82) is 0 Å². The lowest BCUT2D eigenvalue weighted by atomic mass is 9.88. The van der Waals surface area contributed by atoms with Crippen LogP contribution in [0.2, 0.25) is 0 Å². The first-order valence-corrected chi connectivity index (χ1v) is 6.17. The van der Waals surface area contributed by atoms with Gasteiger partial charge in [0.1, 0.15) is 0 Å². The van der Waals surface area contributed by atoms with Gasteiger partial charge in [0, 0.05) is 18.7 Å². The third-order valence-corrected chi connectivity index (χ3v) is 3.81. The standard InChI is InChI=1S/C12H23NO/c1-3-14-11-7-10(8-11)13-12-6-4-5-9(12)2/h9-13H,3-8H2,1-2H3. The van der Waals surface area contributed by atoms with E-state index in [1.54, 1.807) is 0 Å². The molecule has 0 aliphatic heterocycles. The normalized spacial score (nSPS) is 42.4. The zero-order valence-electron chi connectivity index (χ0n) is 9.46. The second-order valence-electron chi connectivity index (χ2n) is 4.93. The molecule has 2 nitrogen and oxygen atoms in total. The summed E-state index contributed by atoms with van der Waals surface area (Å²) in [4.78, 5) is 0. The molecule has 82 valence electrons. The van der Waals surface area contributed by atoms with E-state index in [2.05, 4.69) is 19.2 Å². The fraction of sp³-hybridized carbons (Fsp3) is 1.00. The van der Waals surface area contributed by atoms with Gasteiger partial charge in [0.15, 0.2) is 0 Å². The van der Waals surface area contributed by atoms with Crippen LogP contribution in [-0.2, 0) is 4.74 Å². The van der Waals surface area contributed by atoms with E-state index in [0.29, 0.717) is 6.10 Å². The van der Waals surface area contributed by atoms with Gasteiger partial charge in [-0.15, -0.1) is 0 Å². The van der Waals surface area contributed by atoms with Gasteiger partial charge in [-0.2, -0.15) is 0 Å². The number of ether oxygens (including phenoxy) is 1. The topological polar surface area (TPSA) is 21.3 Å². The van der Waals surface area contributed by atoms with E-state index in [0.717, 1.165) is 24.6 Å². The van der Waals surface area contributed by atoms with Crippen molar-refractivity contribution in [2.75, 3.05) is 6.61 Å². The minimum Gasteiger partial charge on any atom is -0.378 e. The predicted octanol–water partition coefficient (Wildman–Crippen LogP) is 2.33. The Bertz CT molecular complexity index is 177. The number of hydrogen-bond acceptors (Lipinski definition) is 2. The Morgan fingerprint density at radius 3 is 2.64 bits per heavy atom. The largest absolute Gasteiger partial charge is 0.378 e. The van der Waals surface area contributed by atoms with Crippen molar-refractivity contribution in [1.82, 2.24) is 5.32 Å². The summed E-state index contributed by atoms with van der Waals surface area (Å²) < 4.78 is 5.56. The molecule has 0 aromatic rings.